The Labute approximate surface area is 121 Å². The van der Waals surface area contributed by atoms with Crippen molar-refractivity contribution in [1.82, 2.24) is 10.2 Å². The van der Waals surface area contributed by atoms with Crippen molar-refractivity contribution in [1.29, 1.82) is 0 Å². The molecular weight excluding hydrogens is 255 g/mol. The Morgan fingerprint density at radius 1 is 1.35 bits per heavy atom. The van der Waals surface area contributed by atoms with Crippen LogP contribution in [0, 0.1) is 11.2 Å². The Kier molecular flexibility index (Phi) is 5.52. The van der Waals surface area contributed by atoms with Crippen molar-refractivity contribution < 1.29 is 9.13 Å². The number of hydrogen-bond donors (Lipinski definition) is 1. The zero-order valence-corrected chi connectivity index (χ0v) is 12.5. The average Bonchev–Trinajstić information content (AvgIpc) is 2.88. The minimum absolute atomic E-state index is 0.177. The molecule has 4 heteroatoms. The number of benzene rings is 1. The monoisotopic (exact) mass is 280 g/mol. The molecule has 0 aromatic heterocycles. The molecule has 0 bridgehead atoms. The smallest absolute Gasteiger partial charge is 0.123 e. The van der Waals surface area contributed by atoms with Crippen molar-refractivity contribution in [2.24, 2.45) is 5.41 Å². The first-order valence-electron chi connectivity index (χ1n) is 7.35. The van der Waals surface area contributed by atoms with Gasteiger partial charge in [-0.05, 0) is 37.7 Å². The molecule has 1 heterocycles. The molecule has 1 saturated heterocycles. The maximum absolute atomic E-state index is 12.9. The fourth-order valence-corrected chi connectivity index (χ4v) is 2.89. The van der Waals surface area contributed by atoms with E-state index in [2.05, 4.69) is 24.2 Å². The van der Waals surface area contributed by atoms with Crippen LogP contribution in [0.1, 0.15) is 18.9 Å². The van der Waals surface area contributed by atoms with Crippen molar-refractivity contribution >= 4 is 0 Å². The van der Waals surface area contributed by atoms with Crippen LogP contribution < -0.4 is 5.32 Å². The second kappa shape index (κ2) is 7.16. The van der Waals surface area contributed by atoms with Gasteiger partial charge in [-0.25, -0.2) is 4.39 Å². The first-order chi connectivity index (χ1) is 9.63. The van der Waals surface area contributed by atoms with Gasteiger partial charge in [-0.2, -0.15) is 0 Å². The molecule has 1 aromatic carbocycles. The van der Waals surface area contributed by atoms with Crippen LogP contribution in [-0.4, -0.2) is 44.8 Å². The van der Waals surface area contributed by atoms with E-state index in [-0.39, 0.29) is 11.2 Å². The summed E-state index contributed by atoms with van der Waals surface area (Å²) < 4.78 is 18.5. The standard InChI is InChI=1S/C16H25FN2O/c1-3-18-11-16(8-9-20-13-16)12-19(2)10-14-4-6-15(17)7-5-14/h4-7,18H,3,8-13H2,1-2H3. The molecule has 0 aliphatic carbocycles. The van der Waals surface area contributed by atoms with E-state index in [9.17, 15) is 4.39 Å². The molecule has 112 valence electrons. The minimum atomic E-state index is -0.177. The van der Waals surface area contributed by atoms with Gasteiger partial charge in [0.1, 0.15) is 5.82 Å². The van der Waals surface area contributed by atoms with Gasteiger partial charge < -0.3 is 15.0 Å². The molecule has 1 aliphatic rings. The zero-order chi connectivity index (χ0) is 14.4. The summed E-state index contributed by atoms with van der Waals surface area (Å²) in [6.07, 6.45) is 1.10. The van der Waals surface area contributed by atoms with Crippen LogP contribution in [0.5, 0.6) is 0 Å². The summed E-state index contributed by atoms with van der Waals surface area (Å²) >= 11 is 0. The molecule has 1 aromatic rings. The minimum Gasteiger partial charge on any atom is -0.381 e. The van der Waals surface area contributed by atoms with Crippen LogP contribution >= 0.6 is 0 Å². The fourth-order valence-electron chi connectivity index (χ4n) is 2.89. The highest BCUT2D eigenvalue weighted by molar-refractivity contribution is 5.15. The van der Waals surface area contributed by atoms with Gasteiger partial charge in [0.2, 0.25) is 0 Å². The summed E-state index contributed by atoms with van der Waals surface area (Å²) in [6.45, 7) is 7.64. The quantitative estimate of drug-likeness (QED) is 0.829. The second-order valence-electron chi connectivity index (χ2n) is 5.88. The summed E-state index contributed by atoms with van der Waals surface area (Å²) in [5.41, 5.74) is 1.36. The molecule has 1 N–H and O–H groups in total. The number of hydrogen-bond acceptors (Lipinski definition) is 3. The van der Waals surface area contributed by atoms with Gasteiger partial charge in [-0.3, -0.25) is 0 Å². The van der Waals surface area contributed by atoms with Crippen molar-refractivity contribution in [3.05, 3.63) is 35.6 Å². The first kappa shape index (κ1) is 15.4. The van der Waals surface area contributed by atoms with Crippen molar-refractivity contribution in [2.75, 3.05) is 39.9 Å². The SMILES string of the molecule is CCNCC1(CN(C)Cc2ccc(F)cc2)CCOC1. The van der Waals surface area contributed by atoms with Gasteiger partial charge in [0, 0.05) is 31.7 Å². The lowest BCUT2D eigenvalue weighted by molar-refractivity contribution is 0.117. The van der Waals surface area contributed by atoms with E-state index >= 15 is 0 Å². The lowest BCUT2D eigenvalue weighted by Crippen LogP contribution is -2.43. The summed E-state index contributed by atoms with van der Waals surface area (Å²) in [5, 5.41) is 3.45. The zero-order valence-electron chi connectivity index (χ0n) is 12.5. The van der Waals surface area contributed by atoms with Crippen molar-refractivity contribution in [2.45, 2.75) is 19.9 Å². The Balaban J connectivity index is 1.91. The molecule has 2 rings (SSSR count). The second-order valence-corrected chi connectivity index (χ2v) is 5.88. The van der Waals surface area contributed by atoms with Crippen molar-refractivity contribution in [3.63, 3.8) is 0 Å². The summed E-state index contributed by atoms with van der Waals surface area (Å²) in [5.74, 6) is -0.177. The maximum atomic E-state index is 12.9. The molecule has 1 unspecified atom stereocenters. The molecule has 0 spiro atoms. The van der Waals surface area contributed by atoms with E-state index in [1.54, 1.807) is 0 Å². The Hall–Kier alpha value is -0.970. The topological polar surface area (TPSA) is 24.5 Å². The maximum Gasteiger partial charge on any atom is 0.123 e. The number of halogens is 1. The third-order valence-electron chi connectivity index (χ3n) is 3.91. The van der Waals surface area contributed by atoms with E-state index in [1.807, 2.05) is 12.1 Å². The summed E-state index contributed by atoms with van der Waals surface area (Å²) in [6, 6.07) is 6.76. The highest BCUT2D eigenvalue weighted by Crippen LogP contribution is 2.29. The van der Waals surface area contributed by atoms with Crippen LogP contribution in [0.2, 0.25) is 0 Å². The van der Waals surface area contributed by atoms with Crippen molar-refractivity contribution in [3.8, 4) is 0 Å². The van der Waals surface area contributed by atoms with Gasteiger partial charge in [0.15, 0.2) is 0 Å². The predicted molar refractivity (Wildman–Crippen MR) is 79.1 cm³/mol. The molecule has 20 heavy (non-hydrogen) atoms. The number of nitrogens with one attached hydrogen (secondary N) is 1. The lowest BCUT2D eigenvalue weighted by Gasteiger charge is -2.32. The van der Waals surface area contributed by atoms with Gasteiger partial charge in [-0.1, -0.05) is 19.1 Å². The molecule has 1 atom stereocenters. The van der Waals surface area contributed by atoms with Crippen LogP contribution in [0.25, 0.3) is 0 Å². The van der Waals surface area contributed by atoms with Gasteiger partial charge in [-0.15, -0.1) is 0 Å². The Morgan fingerprint density at radius 2 is 2.10 bits per heavy atom. The van der Waals surface area contributed by atoms with Crippen LogP contribution in [0.4, 0.5) is 4.39 Å². The predicted octanol–water partition coefficient (Wildman–Crippen LogP) is 2.27. The lowest BCUT2D eigenvalue weighted by atomic mass is 9.86. The summed E-state index contributed by atoms with van der Waals surface area (Å²) in [4.78, 5) is 2.30. The van der Waals surface area contributed by atoms with E-state index in [0.29, 0.717) is 0 Å². The molecule has 0 saturated carbocycles. The third kappa shape index (κ3) is 4.27. The summed E-state index contributed by atoms with van der Waals surface area (Å²) in [7, 11) is 2.12. The van der Waals surface area contributed by atoms with E-state index in [1.165, 1.54) is 12.1 Å². The molecule has 0 amide bonds. The van der Waals surface area contributed by atoms with Crippen LogP contribution in [0.3, 0.4) is 0 Å². The van der Waals surface area contributed by atoms with Gasteiger partial charge in [0.25, 0.3) is 0 Å². The Morgan fingerprint density at radius 3 is 2.70 bits per heavy atom. The molecule has 1 aliphatic heterocycles. The van der Waals surface area contributed by atoms with E-state index in [0.717, 1.165) is 51.4 Å². The van der Waals surface area contributed by atoms with E-state index < -0.39 is 0 Å². The third-order valence-corrected chi connectivity index (χ3v) is 3.91. The van der Waals surface area contributed by atoms with Gasteiger partial charge in [0.05, 0.1) is 6.61 Å². The normalized spacial score (nSPS) is 22.6. The molecule has 3 nitrogen and oxygen atoms in total. The number of rotatable bonds is 7. The molecular formula is C16H25FN2O. The van der Waals surface area contributed by atoms with Crippen LogP contribution in [0.15, 0.2) is 24.3 Å². The number of ether oxygens (including phenoxy) is 1. The average molecular weight is 280 g/mol. The highest BCUT2D eigenvalue weighted by Gasteiger charge is 2.35. The highest BCUT2D eigenvalue weighted by atomic mass is 19.1. The van der Waals surface area contributed by atoms with Crippen LogP contribution in [-0.2, 0) is 11.3 Å². The first-order valence-corrected chi connectivity index (χ1v) is 7.35. The fraction of sp³-hybridized carbons (Fsp3) is 0.625. The van der Waals surface area contributed by atoms with Gasteiger partial charge >= 0.3 is 0 Å². The van der Waals surface area contributed by atoms with E-state index in [4.69, 9.17) is 4.74 Å². The largest absolute Gasteiger partial charge is 0.381 e. The number of nitrogens with zero attached hydrogens (tertiary/aromatic N) is 1. The Bertz CT molecular complexity index is 401. The molecule has 1 fully saturated rings. The molecule has 0 radical (unpaired) electrons.